The number of nitrogens with zero attached hydrogens (tertiary/aromatic N) is 1. The molecule has 4 aromatic carbocycles. The molecule has 0 spiro atoms. The van der Waals surface area contributed by atoms with E-state index in [0.717, 1.165) is 9.20 Å². The smallest absolute Gasteiger partial charge is 0.264 e. The molecular formula is C29H28N2O4S2. The highest BCUT2D eigenvalue weighted by Crippen LogP contribution is 2.28. The van der Waals surface area contributed by atoms with E-state index in [4.69, 9.17) is 4.74 Å². The molecule has 0 aliphatic heterocycles. The summed E-state index contributed by atoms with van der Waals surface area (Å²) in [6.45, 7) is 2.11. The van der Waals surface area contributed by atoms with Gasteiger partial charge in [0.15, 0.2) is 0 Å². The topological polar surface area (TPSA) is 75.7 Å². The van der Waals surface area contributed by atoms with Crippen molar-refractivity contribution in [1.82, 2.24) is 5.32 Å². The Bertz CT molecular complexity index is 1390. The third kappa shape index (κ3) is 7.38. The quantitative estimate of drug-likeness (QED) is 0.193. The summed E-state index contributed by atoms with van der Waals surface area (Å²) in [5.41, 5.74) is 1.56. The zero-order valence-electron chi connectivity index (χ0n) is 20.4. The van der Waals surface area contributed by atoms with Crippen molar-refractivity contribution in [3.05, 3.63) is 115 Å². The van der Waals surface area contributed by atoms with E-state index in [1.165, 1.54) is 17.7 Å². The van der Waals surface area contributed by atoms with Gasteiger partial charge in [-0.1, -0.05) is 54.1 Å². The third-order valence-electron chi connectivity index (χ3n) is 5.44. The van der Waals surface area contributed by atoms with Crippen LogP contribution in [0.2, 0.25) is 0 Å². The number of ether oxygens (including phenoxy) is 1. The molecule has 4 rings (SSSR count). The van der Waals surface area contributed by atoms with Crippen LogP contribution in [0.15, 0.2) is 119 Å². The zero-order valence-corrected chi connectivity index (χ0v) is 22.0. The number of amides is 1. The van der Waals surface area contributed by atoms with Gasteiger partial charge >= 0.3 is 0 Å². The fourth-order valence-corrected chi connectivity index (χ4v) is 5.73. The molecule has 0 aliphatic carbocycles. The Morgan fingerprint density at radius 2 is 1.41 bits per heavy atom. The summed E-state index contributed by atoms with van der Waals surface area (Å²) in [5.74, 6) is 1.52. The summed E-state index contributed by atoms with van der Waals surface area (Å²) in [6.07, 6.45) is 0. The molecule has 0 radical (unpaired) electrons. The van der Waals surface area contributed by atoms with E-state index in [2.05, 4.69) is 5.32 Å². The van der Waals surface area contributed by atoms with E-state index in [1.54, 1.807) is 54.2 Å². The van der Waals surface area contributed by atoms with Crippen LogP contribution in [0.4, 0.5) is 5.69 Å². The van der Waals surface area contributed by atoms with Crippen LogP contribution in [-0.4, -0.2) is 33.2 Å². The predicted molar refractivity (Wildman–Crippen MR) is 149 cm³/mol. The monoisotopic (exact) mass is 532 g/mol. The van der Waals surface area contributed by atoms with Gasteiger partial charge in [0.05, 0.1) is 10.6 Å². The van der Waals surface area contributed by atoms with Crippen LogP contribution in [0, 0.1) is 6.92 Å². The minimum Gasteiger partial charge on any atom is -0.457 e. The first-order valence-electron chi connectivity index (χ1n) is 11.8. The molecule has 0 aliphatic rings. The van der Waals surface area contributed by atoms with Crippen LogP contribution in [0.1, 0.15) is 5.56 Å². The molecule has 4 aromatic rings. The fraction of sp³-hybridized carbons (Fsp3) is 0.138. The average Bonchev–Trinajstić information content (AvgIpc) is 2.92. The molecule has 0 atom stereocenters. The van der Waals surface area contributed by atoms with Crippen molar-refractivity contribution in [2.45, 2.75) is 16.7 Å². The summed E-state index contributed by atoms with van der Waals surface area (Å²) in [6, 6.07) is 32.2. The van der Waals surface area contributed by atoms with Crippen molar-refractivity contribution in [3.8, 4) is 11.5 Å². The number of rotatable bonds is 11. The van der Waals surface area contributed by atoms with Crippen LogP contribution in [-0.2, 0) is 14.8 Å². The van der Waals surface area contributed by atoms with Gasteiger partial charge in [-0.2, -0.15) is 0 Å². The van der Waals surface area contributed by atoms with Crippen molar-refractivity contribution >= 4 is 33.4 Å². The first kappa shape index (κ1) is 26.3. The lowest BCUT2D eigenvalue weighted by Gasteiger charge is -2.24. The van der Waals surface area contributed by atoms with Crippen LogP contribution >= 0.6 is 11.8 Å². The molecule has 1 amide bonds. The largest absolute Gasteiger partial charge is 0.457 e. The Morgan fingerprint density at radius 3 is 2.05 bits per heavy atom. The predicted octanol–water partition coefficient (Wildman–Crippen LogP) is 5.89. The Labute approximate surface area is 222 Å². The number of benzene rings is 4. The Morgan fingerprint density at radius 1 is 0.811 bits per heavy atom. The van der Waals surface area contributed by atoms with Gasteiger partial charge in [0, 0.05) is 17.2 Å². The molecule has 0 fully saturated rings. The molecule has 8 heteroatoms. The number of hydrogen-bond donors (Lipinski definition) is 1. The number of anilines is 1. The van der Waals surface area contributed by atoms with Gasteiger partial charge < -0.3 is 10.1 Å². The number of para-hydroxylation sites is 1. The van der Waals surface area contributed by atoms with Gasteiger partial charge in [-0.25, -0.2) is 8.42 Å². The normalized spacial score (nSPS) is 11.1. The molecule has 1 N–H and O–H groups in total. The number of carbonyl (C=O) groups excluding carboxylic acids is 1. The van der Waals surface area contributed by atoms with Crippen molar-refractivity contribution in [3.63, 3.8) is 0 Å². The van der Waals surface area contributed by atoms with E-state index >= 15 is 0 Å². The average molecular weight is 533 g/mol. The molecule has 37 heavy (non-hydrogen) atoms. The Balaban J connectivity index is 1.45. The van der Waals surface area contributed by atoms with E-state index < -0.39 is 10.0 Å². The summed E-state index contributed by atoms with van der Waals surface area (Å²) < 4.78 is 33.9. The highest BCUT2D eigenvalue weighted by atomic mass is 32.2. The SMILES string of the molecule is Cc1ccc(SCCNC(=O)CN(c2ccc(Oc3ccccc3)cc2)S(=O)(=O)c2ccccc2)cc1. The zero-order chi connectivity index (χ0) is 26.1. The van der Waals surface area contributed by atoms with Crippen LogP contribution < -0.4 is 14.4 Å². The van der Waals surface area contributed by atoms with Gasteiger partial charge in [-0.3, -0.25) is 9.10 Å². The second-order valence-corrected chi connectivity index (χ2v) is 11.3. The lowest BCUT2D eigenvalue weighted by Crippen LogP contribution is -2.41. The van der Waals surface area contributed by atoms with E-state index in [1.807, 2.05) is 61.5 Å². The molecular weight excluding hydrogens is 504 g/mol. The first-order valence-corrected chi connectivity index (χ1v) is 14.2. The minimum atomic E-state index is -3.97. The molecule has 0 aromatic heterocycles. The van der Waals surface area contributed by atoms with Gasteiger partial charge in [0.2, 0.25) is 5.91 Å². The maximum atomic E-state index is 13.5. The van der Waals surface area contributed by atoms with E-state index in [-0.39, 0.29) is 17.3 Å². The molecule has 0 saturated carbocycles. The highest BCUT2D eigenvalue weighted by Gasteiger charge is 2.27. The summed E-state index contributed by atoms with van der Waals surface area (Å²) in [4.78, 5) is 14.0. The second-order valence-electron chi connectivity index (χ2n) is 8.25. The Kier molecular flexibility index (Phi) is 8.87. The maximum Gasteiger partial charge on any atom is 0.264 e. The lowest BCUT2D eigenvalue weighted by molar-refractivity contribution is -0.119. The third-order valence-corrected chi connectivity index (χ3v) is 8.24. The summed E-state index contributed by atoms with van der Waals surface area (Å²) >= 11 is 1.63. The fourth-order valence-electron chi connectivity index (χ4n) is 3.52. The molecule has 0 unspecified atom stereocenters. The molecule has 0 heterocycles. The standard InChI is InChI=1S/C29H28N2O4S2/c1-23-12-18-27(19-13-23)36-21-20-30-29(32)22-31(37(33,34)28-10-6-3-7-11-28)24-14-16-26(17-15-24)35-25-8-4-2-5-9-25/h2-19H,20-22H2,1H3,(H,30,32). The minimum absolute atomic E-state index is 0.113. The lowest BCUT2D eigenvalue weighted by atomic mass is 10.2. The maximum absolute atomic E-state index is 13.5. The number of hydrogen-bond acceptors (Lipinski definition) is 5. The van der Waals surface area contributed by atoms with Crippen molar-refractivity contribution in [2.24, 2.45) is 0 Å². The van der Waals surface area contributed by atoms with Gasteiger partial charge in [0.25, 0.3) is 10.0 Å². The van der Waals surface area contributed by atoms with Crippen molar-refractivity contribution < 1.29 is 17.9 Å². The van der Waals surface area contributed by atoms with Crippen molar-refractivity contribution in [1.29, 1.82) is 0 Å². The Hall–Kier alpha value is -3.75. The number of carbonyl (C=O) groups is 1. The van der Waals surface area contributed by atoms with Crippen LogP contribution in [0.5, 0.6) is 11.5 Å². The molecule has 0 bridgehead atoms. The van der Waals surface area contributed by atoms with Crippen LogP contribution in [0.25, 0.3) is 0 Å². The van der Waals surface area contributed by atoms with Gasteiger partial charge in [-0.05, 0) is 67.6 Å². The van der Waals surface area contributed by atoms with E-state index in [9.17, 15) is 13.2 Å². The number of sulfonamides is 1. The van der Waals surface area contributed by atoms with Gasteiger partial charge in [0.1, 0.15) is 18.0 Å². The number of nitrogens with one attached hydrogen (secondary N) is 1. The van der Waals surface area contributed by atoms with E-state index in [0.29, 0.717) is 29.5 Å². The molecule has 0 saturated heterocycles. The highest BCUT2D eigenvalue weighted by molar-refractivity contribution is 7.99. The van der Waals surface area contributed by atoms with Crippen LogP contribution in [0.3, 0.4) is 0 Å². The number of thioether (sulfide) groups is 1. The molecule has 6 nitrogen and oxygen atoms in total. The first-order chi connectivity index (χ1) is 17.9. The van der Waals surface area contributed by atoms with Gasteiger partial charge in [-0.15, -0.1) is 11.8 Å². The summed E-state index contributed by atoms with van der Waals surface area (Å²) in [7, 11) is -3.97. The number of aryl methyl sites for hydroxylation is 1. The van der Waals surface area contributed by atoms with Crippen molar-refractivity contribution in [2.75, 3.05) is 23.1 Å². The second kappa shape index (κ2) is 12.5. The summed E-state index contributed by atoms with van der Waals surface area (Å²) in [5, 5.41) is 2.84. The molecule has 190 valence electrons.